The maximum absolute atomic E-state index is 12.5. The number of halogens is 1. The number of carbonyl (C=O) groups is 2. The molecule has 0 radical (unpaired) electrons. The molecule has 9 heteroatoms. The molecule has 2 amide bonds. The summed E-state index contributed by atoms with van der Waals surface area (Å²) in [6, 6.07) is 14.1. The van der Waals surface area contributed by atoms with Crippen molar-refractivity contribution < 1.29 is 9.59 Å². The molecule has 1 aromatic heterocycles. The van der Waals surface area contributed by atoms with E-state index in [1.165, 1.54) is 11.8 Å². The van der Waals surface area contributed by atoms with Crippen LogP contribution in [0.3, 0.4) is 0 Å². The van der Waals surface area contributed by atoms with Gasteiger partial charge in [0.05, 0.1) is 22.5 Å². The minimum atomic E-state index is -0.346. The third-order valence-electron chi connectivity index (χ3n) is 4.36. The molecule has 0 aliphatic rings. The van der Waals surface area contributed by atoms with E-state index >= 15 is 0 Å². The molecule has 0 unspecified atom stereocenters. The number of nitrogens with one attached hydrogen (secondary N) is 2. The first-order valence-corrected chi connectivity index (χ1v) is 10.7. The summed E-state index contributed by atoms with van der Waals surface area (Å²) < 4.78 is 1.77. The molecule has 3 rings (SSSR count). The number of hydrogen-bond acceptors (Lipinski definition) is 5. The second-order valence-corrected chi connectivity index (χ2v) is 8.13. The molecule has 0 saturated carbocycles. The highest BCUT2D eigenvalue weighted by molar-refractivity contribution is 7.99. The van der Waals surface area contributed by atoms with Crippen LogP contribution >= 0.6 is 23.4 Å². The van der Waals surface area contributed by atoms with Crippen molar-refractivity contribution in [1.82, 2.24) is 20.1 Å². The number of thioether (sulfide) groups is 1. The Morgan fingerprint density at radius 1 is 1.17 bits per heavy atom. The summed E-state index contributed by atoms with van der Waals surface area (Å²) in [6.07, 6.45) is 0. The van der Waals surface area contributed by atoms with Gasteiger partial charge in [-0.15, -0.1) is 10.2 Å². The summed E-state index contributed by atoms with van der Waals surface area (Å²) in [6.45, 7) is 3.78. The molecule has 0 spiro atoms. The molecule has 0 aliphatic carbocycles. The van der Waals surface area contributed by atoms with Crippen LogP contribution in [0.15, 0.2) is 53.7 Å². The molecule has 30 heavy (non-hydrogen) atoms. The standard InChI is InChI=1S/C21H22ClN5O2S/c1-13-7-6-8-15(11-13)20(29)23-14(2)19-25-26-21(27(19)3)30-12-18(28)24-17-10-5-4-9-16(17)22/h4-11,14H,12H2,1-3H3,(H,23,29)(H,24,28)/t14-/m0/s1. The number of para-hydroxylation sites is 1. The van der Waals surface area contributed by atoms with Crippen LogP contribution in [0.2, 0.25) is 5.02 Å². The van der Waals surface area contributed by atoms with Gasteiger partial charge in [-0.05, 0) is 38.1 Å². The Hall–Kier alpha value is -2.84. The molecule has 0 fully saturated rings. The molecule has 1 atom stereocenters. The lowest BCUT2D eigenvalue weighted by Gasteiger charge is -2.14. The van der Waals surface area contributed by atoms with Crippen molar-refractivity contribution in [2.45, 2.75) is 25.0 Å². The zero-order valence-electron chi connectivity index (χ0n) is 16.8. The number of aryl methyl sites for hydroxylation is 1. The number of benzene rings is 2. The van der Waals surface area contributed by atoms with Gasteiger partial charge in [0.1, 0.15) is 0 Å². The van der Waals surface area contributed by atoms with Crippen LogP contribution < -0.4 is 10.6 Å². The van der Waals surface area contributed by atoms with E-state index < -0.39 is 0 Å². The summed E-state index contributed by atoms with van der Waals surface area (Å²) in [5.74, 6) is 0.382. The van der Waals surface area contributed by atoms with Crippen LogP contribution in [0, 0.1) is 6.92 Å². The van der Waals surface area contributed by atoms with Gasteiger partial charge in [0, 0.05) is 12.6 Å². The van der Waals surface area contributed by atoms with Crippen molar-refractivity contribution >= 4 is 40.9 Å². The van der Waals surface area contributed by atoms with Crippen LogP contribution in [-0.4, -0.2) is 32.3 Å². The van der Waals surface area contributed by atoms with Gasteiger partial charge >= 0.3 is 0 Å². The number of carbonyl (C=O) groups excluding carboxylic acids is 2. The van der Waals surface area contributed by atoms with E-state index in [0.717, 1.165) is 5.56 Å². The van der Waals surface area contributed by atoms with Crippen molar-refractivity contribution in [3.8, 4) is 0 Å². The van der Waals surface area contributed by atoms with Crippen molar-refractivity contribution in [2.24, 2.45) is 7.05 Å². The lowest BCUT2D eigenvalue weighted by molar-refractivity contribution is -0.113. The van der Waals surface area contributed by atoms with Crippen LogP contribution in [0.1, 0.15) is 34.7 Å². The molecule has 0 aliphatic heterocycles. The second kappa shape index (κ2) is 9.77. The topological polar surface area (TPSA) is 88.9 Å². The van der Waals surface area contributed by atoms with Crippen LogP contribution in [0.25, 0.3) is 0 Å². The van der Waals surface area contributed by atoms with Crippen LogP contribution in [-0.2, 0) is 11.8 Å². The van der Waals surface area contributed by atoms with Crippen molar-refractivity contribution in [3.05, 3.63) is 70.5 Å². The Labute approximate surface area is 184 Å². The zero-order valence-corrected chi connectivity index (χ0v) is 18.4. The van der Waals surface area contributed by atoms with Gasteiger partial charge in [-0.2, -0.15) is 0 Å². The number of hydrogen-bond donors (Lipinski definition) is 2. The first-order valence-electron chi connectivity index (χ1n) is 9.29. The highest BCUT2D eigenvalue weighted by Gasteiger charge is 2.19. The van der Waals surface area contributed by atoms with Crippen LogP contribution in [0.5, 0.6) is 0 Å². The van der Waals surface area contributed by atoms with Crippen molar-refractivity contribution in [2.75, 3.05) is 11.1 Å². The number of rotatable bonds is 7. The first kappa shape index (κ1) is 21.9. The molecule has 0 bridgehead atoms. The van der Waals surface area contributed by atoms with E-state index in [4.69, 9.17) is 11.6 Å². The average molecular weight is 444 g/mol. The highest BCUT2D eigenvalue weighted by atomic mass is 35.5. The molecule has 2 N–H and O–H groups in total. The maximum atomic E-state index is 12.5. The summed E-state index contributed by atoms with van der Waals surface area (Å²) in [7, 11) is 1.80. The second-order valence-electron chi connectivity index (χ2n) is 6.78. The fourth-order valence-corrected chi connectivity index (χ4v) is 3.74. The van der Waals surface area contributed by atoms with Gasteiger partial charge in [-0.25, -0.2) is 0 Å². The third-order valence-corrected chi connectivity index (χ3v) is 5.71. The monoisotopic (exact) mass is 443 g/mol. The first-order chi connectivity index (χ1) is 14.3. The summed E-state index contributed by atoms with van der Waals surface area (Å²) in [4.78, 5) is 24.7. The molecule has 1 heterocycles. The van der Waals surface area contributed by atoms with Gasteiger partial charge in [0.25, 0.3) is 5.91 Å². The molecule has 2 aromatic carbocycles. The van der Waals surface area contributed by atoms with E-state index in [9.17, 15) is 9.59 Å². The molecule has 156 valence electrons. The predicted molar refractivity (Wildman–Crippen MR) is 119 cm³/mol. The Morgan fingerprint density at radius 3 is 2.67 bits per heavy atom. The predicted octanol–water partition coefficient (Wildman–Crippen LogP) is 4.00. The number of anilines is 1. The van der Waals surface area contributed by atoms with Crippen molar-refractivity contribution in [3.63, 3.8) is 0 Å². The Kier molecular flexibility index (Phi) is 7.12. The van der Waals surface area contributed by atoms with E-state index in [0.29, 0.717) is 27.3 Å². The lowest BCUT2D eigenvalue weighted by atomic mass is 10.1. The number of nitrogens with zero attached hydrogens (tertiary/aromatic N) is 3. The lowest BCUT2D eigenvalue weighted by Crippen LogP contribution is -2.28. The van der Waals surface area contributed by atoms with E-state index in [2.05, 4.69) is 20.8 Å². The number of aromatic nitrogens is 3. The number of amides is 2. The highest BCUT2D eigenvalue weighted by Crippen LogP contribution is 2.22. The Morgan fingerprint density at radius 2 is 1.93 bits per heavy atom. The molecular weight excluding hydrogens is 422 g/mol. The average Bonchev–Trinajstić information content (AvgIpc) is 3.08. The van der Waals surface area contributed by atoms with Gasteiger partial charge in [-0.3, -0.25) is 9.59 Å². The summed E-state index contributed by atoms with van der Waals surface area (Å²) in [5.41, 5.74) is 2.17. The van der Waals surface area contributed by atoms with E-state index in [1.54, 1.807) is 41.9 Å². The fourth-order valence-electron chi connectivity index (χ4n) is 2.84. The SMILES string of the molecule is Cc1cccc(C(=O)N[C@@H](C)c2nnc(SCC(=O)Nc3ccccc3Cl)n2C)c1. The van der Waals surface area contributed by atoms with E-state index in [1.807, 2.05) is 32.0 Å². The third kappa shape index (κ3) is 5.40. The van der Waals surface area contributed by atoms with Gasteiger partial charge in [-0.1, -0.05) is 53.2 Å². The van der Waals surface area contributed by atoms with E-state index in [-0.39, 0.29) is 23.6 Å². The largest absolute Gasteiger partial charge is 0.342 e. The zero-order chi connectivity index (χ0) is 21.7. The Balaban J connectivity index is 1.59. The molecule has 7 nitrogen and oxygen atoms in total. The smallest absolute Gasteiger partial charge is 0.251 e. The molecule has 0 saturated heterocycles. The minimum absolute atomic E-state index is 0.154. The normalized spacial score (nSPS) is 11.7. The van der Waals surface area contributed by atoms with Crippen molar-refractivity contribution in [1.29, 1.82) is 0 Å². The van der Waals surface area contributed by atoms with Gasteiger partial charge in [0.2, 0.25) is 5.91 Å². The quantitative estimate of drug-likeness (QED) is 0.539. The molecular formula is C21H22ClN5O2S. The summed E-state index contributed by atoms with van der Waals surface area (Å²) >= 11 is 7.32. The maximum Gasteiger partial charge on any atom is 0.251 e. The fraction of sp³-hybridized carbons (Fsp3) is 0.238. The van der Waals surface area contributed by atoms with Gasteiger partial charge in [0.15, 0.2) is 11.0 Å². The molecule has 3 aromatic rings. The van der Waals surface area contributed by atoms with Crippen LogP contribution in [0.4, 0.5) is 5.69 Å². The van der Waals surface area contributed by atoms with Gasteiger partial charge < -0.3 is 15.2 Å². The minimum Gasteiger partial charge on any atom is -0.342 e. The summed E-state index contributed by atoms with van der Waals surface area (Å²) in [5, 5.41) is 15.1. The Bertz CT molecular complexity index is 1070.